The number of nitrogens with zero attached hydrogens (tertiary/aromatic N) is 1. The van der Waals surface area contributed by atoms with Crippen LogP contribution in [0.25, 0.3) is 0 Å². The molecule has 1 nitrogen and oxygen atoms in total. The van der Waals surface area contributed by atoms with Gasteiger partial charge in [-0.2, -0.15) is 0 Å². The Morgan fingerprint density at radius 3 is 2.39 bits per heavy atom. The number of likely N-dealkylation sites (tertiary alicyclic amines) is 1. The van der Waals surface area contributed by atoms with E-state index in [0.29, 0.717) is 0 Å². The van der Waals surface area contributed by atoms with Crippen molar-refractivity contribution in [2.24, 2.45) is 17.8 Å². The van der Waals surface area contributed by atoms with E-state index in [1.807, 2.05) is 0 Å². The fraction of sp³-hybridized carbons (Fsp3) is 1.00. The molecule has 2 aliphatic rings. The zero-order chi connectivity index (χ0) is 12.8. The van der Waals surface area contributed by atoms with Crippen LogP contribution in [-0.2, 0) is 0 Å². The highest BCUT2D eigenvalue weighted by atomic mass is 15.1. The Bertz CT molecular complexity index is 218. The fourth-order valence-corrected chi connectivity index (χ4v) is 4.14. The van der Waals surface area contributed by atoms with Crippen LogP contribution < -0.4 is 0 Å². The Morgan fingerprint density at radius 1 is 0.944 bits per heavy atom. The Hall–Kier alpha value is -0.0400. The topological polar surface area (TPSA) is 3.24 Å². The molecule has 0 aromatic heterocycles. The van der Waals surface area contributed by atoms with E-state index in [2.05, 4.69) is 18.7 Å². The molecule has 0 radical (unpaired) electrons. The van der Waals surface area contributed by atoms with E-state index >= 15 is 0 Å². The van der Waals surface area contributed by atoms with E-state index in [1.54, 1.807) is 0 Å². The third-order valence-electron chi connectivity index (χ3n) is 5.35. The second kappa shape index (κ2) is 7.53. The molecule has 1 saturated carbocycles. The molecule has 2 atom stereocenters. The van der Waals surface area contributed by atoms with Crippen LogP contribution in [0, 0.1) is 17.8 Å². The van der Waals surface area contributed by atoms with Gasteiger partial charge in [-0.25, -0.2) is 0 Å². The summed E-state index contributed by atoms with van der Waals surface area (Å²) >= 11 is 0. The van der Waals surface area contributed by atoms with Crippen LogP contribution in [0.3, 0.4) is 0 Å². The SMILES string of the molecule is CCCCCN1CCC(C2CCCC(C)C2)CC1. The molecule has 1 heterocycles. The van der Waals surface area contributed by atoms with Crippen molar-refractivity contribution in [3.05, 3.63) is 0 Å². The smallest absolute Gasteiger partial charge is 0.00160 e. The Morgan fingerprint density at radius 2 is 1.72 bits per heavy atom. The molecular weight excluding hydrogens is 218 g/mol. The van der Waals surface area contributed by atoms with Gasteiger partial charge >= 0.3 is 0 Å². The summed E-state index contributed by atoms with van der Waals surface area (Å²) in [4.78, 5) is 2.72. The van der Waals surface area contributed by atoms with Gasteiger partial charge in [0.25, 0.3) is 0 Å². The summed E-state index contributed by atoms with van der Waals surface area (Å²) in [6.07, 6.45) is 13.2. The molecule has 0 bridgehead atoms. The lowest BCUT2D eigenvalue weighted by Crippen LogP contribution is -2.37. The largest absolute Gasteiger partial charge is 0.303 e. The van der Waals surface area contributed by atoms with E-state index < -0.39 is 0 Å². The normalized spacial score (nSPS) is 31.7. The van der Waals surface area contributed by atoms with Crippen LogP contribution in [-0.4, -0.2) is 24.5 Å². The Labute approximate surface area is 114 Å². The van der Waals surface area contributed by atoms with Gasteiger partial charge in [0.2, 0.25) is 0 Å². The number of hydrogen-bond acceptors (Lipinski definition) is 1. The van der Waals surface area contributed by atoms with E-state index in [0.717, 1.165) is 17.8 Å². The van der Waals surface area contributed by atoms with Gasteiger partial charge < -0.3 is 4.90 Å². The molecule has 0 amide bonds. The second-order valence-electron chi connectivity index (χ2n) is 6.92. The summed E-state index contributed by atoms with van der Waals surface area (Å²) in [5.41, 5.74) is 0. The van der Waals surface area contributed by atoms with Crippen molar-refractivity contribution in [2.45, 2.75) is 71.6 Å². The third kappa shape index (κ3) is 4.26. The summed E-state index contributed by atoms with van der Waals surface area (Å²) in [5, 5.41) is 0. The highest BCUT2D eigenvalue weighted by Gasteiger charge is 2.29. The minimum absolute atomic E-state index is 1.01. The van der Waals surface area contributed by atoms with Gasteiger partial charge in [-0.15, -0.1) is 0 Å². The molecule has 1 aliphatic carbocycles. The molecule has 1 saturated heterocycles. The predicted molar refractivity (Wildman–Crippen MR) is 79.8 cm³/mol. The minimum atomic E-state index is 1.01. The van der Waals surface area contributed by atoms with Gasteiger partial charge in [0.05, 0.1) is 0 Å². The van der Waals surface area contributed by atoms with Crippen molar-refractivity contribution in [2.75, 3.05) is 19.6 Å². The zero-order valence-electron chi connectivity index (χ0n) is 12.7. The van der Waals surface area contributed by atoms with Crippen LogP contribution in [0.2, 0.25) is 0 Å². The average molecular weight is 251 g/mol. The number of rotatable bonds is 5. The lowest BCUT2D eigenvalue weighted by atomic mass is 9.72. The monoisotopic (exact) mass is 251 g/mol. The van der Waals surface area contributed by atoms with E-state index in [1.165, 1.54) is 77.4 Å². The molecule has 2 unspecified atom stereocenters. The Balaban J connectivity index is 1.66. The fourth-order valence-electron chi connectivity index (χ4n) is 4.14. The lowest BCUT2D eigenvalue weighted by molar-refractivity contribution is 0.113. The molecule has 1 aliphatic heterocycles. The first kappa shape index (κ1) is 14.4. The average Bonchev–Trinajstić information content (AvgIpc) is 2.40. The highest BCUT2D eigenvalue weighted by Crippen LogP contribution is 2.37. The predicted octanol–water partition coefficient (Wildman–Crippen LogP) is 4.71. The number of unbranched alkanes of at least 4 members (excludes halogenated alkanes) is 2. The summed E-state index contributed by atoms with van der Waals surface area (Å²) < 4.78 is 0. The molecular formula is C17H33N. The molecule has 0 N–H and O–H groups in total. The molecule has 0 spiro atoms. The van der Waals surface area contributed by atoms with Crippen molar-refractivity contribution in [1.82, 2.24) is 4.90 Å². The quantitative estimate of drug-likeness (QED) is 0.639. The maximum absolute atomic E-state index is 2.72. The lowest BCUT2D eigenvalue weighted by Gasteiger charge is -2.39. The molecule has 2 rings (SSSR count). The first-order chi connectivity index (χ1) is 8.79. The van der Waals surface area contributed by atoms with Crippen molar-refractivity contribution >= 4 is 0 Å². The van der Waals surface area contributed by atoms with Crippen molar-refractivity contribution in [1.29, 1.82) is 0 Å². The van der Waals surface area contributed by atoms with E-state index in [-0.39, 0.29) is 0 Å². The van der Waals surface area contributed by atoms with Gasteiger partial charge in [0.15, 0.2) is 0 Å². The van der Waals surface area contributed by atoms with E-state index in [4.69, 9.17) is 0 Å². The summed E-state index contributed by atoms with van der Waals surface area (Å²) in [6.45, 7) is 8.91. The van der Waals surface area contributed by atoms with Gasteiger partial charge in [0.1, 0.15) is 0 Å². The van der Waals surface area contributed by atoms with Crippen LogP contribution in [0.5, 0.6) is 0 Å². The molecule has 0 aromatic rings. The van der Waals surface area contributed by atoms with Crippen LogP contribution in [0.1, 0.15) is 71.6 Å². The van der Waals surface area contributed by atoms with Crippen LogP contribution in [0.4, 0.5) is 0 Å². The first-order valence-corrected chi connectivity index (χ1v) is 8.52. The second-order valence-corrected chi connectivity index (χ2v) is 6.92. The first-order valence-electron chi connectivity index (χ1n) is 8.52. The maximum Gasteiger partial charge on any atom is -0.00160 e. The molecule has 0 aromatic carbocycles. The van der Waals surface area contributed by atoms with Crippen molar-refractivity contribution < 1.29 is 0 Å². The summed E-state index contributed by atoms with van der Waals surface area (Å²) in [5.74, 6) is 3.15. The molecule has 106 valence electrons. The number of hydrogen-bond donors (Lipinski definition) is 0. The van der Waals surface area contributed by atoms with Crippen LogP contribution in [0.15, 0.2) is 0 Å². The van der Waals surface area contributed by atoms with Crippen molar-refractivity contribution in [3.8, 4) is 0 Å². The van der Waals surface area contributed by atoms with E-state index in [9.17, 15) is 0 Å². The van der Waals surface area contributed by atoms with Gasteiger partial charge in [-0.3, -0.25) is 0 Å². The summed E-state index contributed by atoms with van der Waals surface area (Å²) in [7, 11) is 0. The highest BCUT2D eigenvalue weighted by molar-refractivity contribution is 4.81. The third-order valence-corrected chi connectivity index (χ3v) is 5.35. The van der Waals surface area contributed by atoms with Gasteiger partial charge in [-0.05, 0) is 63.1 Å². The standard InChI is InChI=1S/C17H33N/c1-3-4-5-11-18-12-9-16(10-13-18)17-8-6-7-15(2)14-17/h15-17H,3-14H2,1-2H3. The molecule has 1 heteroatoms. The number of piperidine rings is 1. The van der Waals surface area contributed by atoms with Gasteiger partial charge in [-0.1, -0.05) is 46.0 Å². The maximum atomic E-state index is 2.72. The Kier molecular flexibility index (Phi) is 6.01. The summed E-state index contributed by atoms with van der Waals surface area (Å²) in [6, 6.07) is 0. The van der Waals surface area contributed by atoms with Gasteiger partial charge in [0, 0.05) is 0 Å². The minimum Gasteiger partial charge on any atom is -0.303 e. The van der Waals surface area contributed by atoms with Crippen molar-refractivity contribution in [3.63, 3.8) is 0 Å². The molecule has 2 fully saturated rings. The van der Waals surface area contributed by atoms with Crippen LogP contribution >= 0.6 is 0 Å². The molecule has 18 heavy (non-hydrogen) atoms. The zero-order valence-corrected chi connectivity index (χ0v) is 12.7.